The number of aliphatic hydroxyl groups excluding tert-OH is 1. The average molecular weight is 274 g/mol. The summed E-state index contributed by atoms with van der Waals surface area (Å²) in [6, 6.07) is 12.4. The van der Waals surface area contributed by atoms with Crippen molar-refractivity contribution < 1.29 is 14.2 Å². The summed E-state index contributed by atoms with van der Waals surface area (Å²) >= 11 is 0. The summed E-state index contributed by atoms with van der Waals surface area (Å²) in [5, 5.41) is 10.1. The van der Waals surface area contributed by atoms with Gasteiger partial charge in [0.05, 0.1) is 0 Å². The van der Waals surface area contributed by atoms with Gasteiger partial charge in [-0.05, 0) is 48.2 Å². The molecule has 0 aromatic heterocycles. The standard InChI is InChI=1S/C17H19FO2/c1-3-13-4-6-14(7-5-13)17(19)11-20-15-8-9-16(18)12(2)10-15/h4-10,17,19H,3,11H2,1-2H3. The Hall–Kier alpha value is -1.87. The molecule has 0 saturated carbocycles. The summed E-state index contributed by atoms with van der Waals surface area (Å²) in [6.07, 6.45) is 0.285. The van der Waals surface area contributed by atoms with Crippen molar-refractivity contribution in [3.05, 3.63) is 65.0 Å². The first-order valence-corrected chi connectivity index (χ1v) is 6.76. The second-order valence-electron chi connectivity index (χ2n) is 4.83. The third-order valence-corrected chi connectivity index (χ3v) is 3.31. The molecule has 0 radical (unpaired) electrons. The highest BCUT2D eigenvalue weighted by atomic mass is 19.1. The summed E-state index contributed by atoms with van der Waals surface area (Å²) in [6.45, 7) is 3.92. The van der Waals surface area contributed by atoms with E-state index in [1.54, 1.807) is 19.1 Å². The molecular weight excluding hydrogens is 255 g/mol. The SMILES string of the molecule is CCc1ccc(C(O)COc2ccc(F)c(C)c2)cc1. The Morgan fingerprint density at radius 1 is 1.15 bits per heavy atom. The summed E-state index contributed by atoms with van der Waals surface area (Å²) in [7, 11) is 0. The fourth-order valence-electron chi connectivity index (χ4n) is 1.95. The number of halogens is 1. The van der Waals surface area contributed by atoms with E-state index in [2.05, 4.69) is 6.92 Å². The van der Waals surface area contributed by atoms with E-state index in [0.717, 1.165) is 12.0 Å². The molecule has 3 heteroatoms. The Bertz CT molecular complexity index is 564. The minimum Gasteiger partial charge on any atom is -0.491 e. The van der Waals surface area contributed by atoms with Crippen molar-refractivity contribution in [2.24, 2.45) is 0 Å². The molecule has 0 spiro atoms. The van der Waals surface area contributed by atoms with Crippen molar-refractivity contribution in [3.8, 4) is 5.75 Å². The van der Waals surface area contributed by atoms with Gasteiger partial charge in [-0.3, -0.25) is 0 Å². The van der Waals surface area contributed by atoms with Crippen LogP contribution in [0.15, 0.2) is 42.5 Å². The zero-order valence-corrected chi connectivity index (χ0v) is 11.8. The van der Waals surface area contributed by atoms with Crippen molar-refractivity contribution in [1.29, 1.82) is 0 Å². The topological polar surface area (TPSA) is 29.5 Å². The molecule has 1 unspecified atom stereocenters. The monoisotopic (exact) mass is 274 g/mol. The summed E-state index contributed by atoms with van der Waals surface area (Å²) in [5.41, 5.74) is 2.58. The minimum atomic E-state index is -0.689. The van der Waals surface area contributed by atoms with Crippen LogP contribution in [0.25, 0.3) is 0 Å². The van der Waals surface area contributed by atoms with Gasteiger partial charge in [0.2, 0.25) is 0 Å². The molecule has 0 saturated heterocycles. The molecule has 2 nitrogen and oxygen atoms in total. The predicted octanol–water partition coefficient (Wildman–Crippen LogP) is 3.81. The van der Waals surface area contributed by atoms with Crippen molar-refractivity contribution >= 4 is 0 Å². The maximum atomic E-state index is 13.1. The van der Waals surface area contributed by atoms with Gasteiger partial charge in [-0.2, -0.15) is 0 Å². The summed E-state index contributed by atoms with van der Waals surface area (Å²) < 4.78 is 18.6. The quantitative estimate of drug-likeness (QED) is 0.898. The van der Waals surface area contributed by atoms with Crippen LogP contribution in [0.5, 0.6) is 5.75 Å². The molecule has 2 rings (SSSR count). The van der Waals surface area contributed by atoms with Crippen LogP contribution in [0.1, 0.15) is 29.7 Å². The van der Waals surface area contributed by atoms with Crippen molar-refractivity contribution in [1.82, 2.24) is 0 Å². The highest BCUT2D eigenvalue weighted by Gasteiger charge is 2.09. The number of aryl methyl sites for hydroxylation is 2. The van der Waals surface area contributed by atoms with Crippen LogP contribution in [-0.4, -0.2) is 11.7 Å². The molecule has 2 aromatic rings. The van der Waals surface area contributed by atoms with Gasteiger partial charge >= 0.3 is 0 Å². The lowest BCUT2D eigenvalue weighted by Crippen LogP contribution is -2.09. The van der Waals surface area contributed by atoms with Crippen LogP contribution in [0.2, 0.25) is 0 Å². The van der Waals surface area contributed by atoms with E-state index >= 15 is 0 Å². The summed E-state index contributed by atoms with van der Waals surface area (Å²) in [4.78, 5) is 0. The van der Waals surface area contributed by atoms with Gasteiger partial charge in [0.25, 0.3) is 0 Å². The number of ether oxygens (including phenoxy) is 1. The van der Waals surface area contributed by atoms with Crippen LogP contribution in [-0.2, 0) is 6.42 Å². The molecule has 106 valence electrons. The molecule has 2 aromatic carbocycles. The first-order chi connectivity index (χ1) is 9.60. The summed E-state index contributed by atoms with van der Waals surface area (Å²) in [5.74, 6) is 0.307. The minimum absolute atomic E-state index is 0.149. The number of hydrogen-bond donors (Lipinski definition) is 1. The maximum Gasteiger partial charge on any atom is 0.126 e. The lowest BCUT2D eigenvalue weighted by molar-refractivity contribution is 0.108. The van der Waals surface area contributed by atoms with E-state index in [1.165, 1.54) is 11.6 Å². The van der Waals surface area contributed by atoms with E-state index < -0.39 is 6.10 Å². The van der Waals surface area contributed by atoms with Gasteiger partial charge < -0.3 is 9.84 Å². The lowest BCUT2D eigenvalue weighted by atomic mass is 10.1. The Balaban J connectivity index is 1.96. The Morgan fingerprint density at radius 2 is 1.85 bits per heavy atom. The Labute approximate surface area is 118 Å². The smallest absolute Gasteiger partial charge is 0.126 e. The van der Waals surface area contributed by atoms with Gasteiger partial charge in [-0.25, -0.2) is 4.39 Å². The average Bonchev–Trinajstić information content (AvgIpc) is 2.48. The van der Waals surface area contributed by atoms with Crippen molar-refractivity contribution in [2.45, 2.75) is 26.4 Å². The van der Waals surface area contributed by atoms with Crippen LogP contribution < -0.4 is 4.74 Å². The van der Waals surface area contributed by atoms with E-state index in [-0.39, 0.29) is 12.4 Å². The van der Waals surface area contributed by atoms with E-state index in [9.17, 15) is 9.50 Å². The molecule has 0 aliphatic carbocycles. The zero-order chi connectivity index (χ0) is 14.5. The number of hydrogen-bond acceptors (Lipinski definition) is 2. The van der Waals surface area contributed by atoms with Gasteiger partial charge in [-0.15, -0.1) is 0 Å². The normalized spacial score (nSPS) is 12.2. The first kappa shape index (κ1) is 14.5. The number of aliphatic hydroxyl groups is 1. The van der Waals surface area contributed by atoms with Crippen LogP contribution >= 0.6 is 0 Å². The number of benzene rings is 2. The molecular formula is C17H19FO2. The third kappa shape index (κ3) is 3.58. The molecule has 0 aliphatic heterocycles. The third-order valence-electron chi connectivity index (χ3n) is 3.31. The van der Waals surface area contributed by atoms with Gasteiger partial charge in [0, 0.05) is 0 Å². The van der Waals surface area contributed by atoms with Gasteiger partial charge in [-0.1, -0.05) is 31.2 Å². The fourth-order valence-corrected chi connectivity index (χ4v) is 1.95. The molecule has 1 atom stereocenters. The van der Waals surface area contributed by atoms with Crippen LogP contribution in [0.4, 0.5) is 4.39 Å². The van der Waals surface area contributed by atoms with Crippen molar-refractivity contribution in [2.75, 3.05) is 6.61 Å². The highest BCUT2D eigenvalue weighted by Crippen LogP contribution is 2.19. The van der Waals surface area contributed by atoms with E-state index in [0.29, 0.717) is 11.3 Å². The van der Waals surface area contributed by atoms with Gasteiger partial charge in [0.15, 0.2) is 0 Å². The Kier molecular flexibility index (Phi) is 4.74. The highest BCUT2D eigenvalue weighted by molar-refractivity contribution is 5.29. The van der Waals surface area contributed by atoms with Crippen LogP contribution in [0.3, 0.4) is 0 Å². The fraction of sp³-hybridized carbons (Fsp3) is 0.294. The predicted molar refractivity (Wildman–Crippen MR) is 77.4 cm³/mol. The largest absolute Gasteiger partial charge is 0.491 e. The molecule has 1 N–H and O–H groups in total. The van der Waals surface area contributed by atoms with E-state index in [4.69, 9.17) is 4.74 Å². The van der Waals surface area contributed by atoms with E-state index in [1.807, 2.05) is 24.3 Å². The molecule has 0 bridgehead atoms. The van der Waals surface area contributed by atoms with Crippen molar-refractivity contribution in [3.63, 3.8) is 0 Å². The Morgan fingerprint density at radius 3 is 2.45 bits per heavy atom. The second kappa shape index (κ2) is 6.53. The second-order valence-corrected chi connectivity index (χ2v) is 4.83. The maximum absolute atomic E-state index is 13.1. The molecule has 0 amide bonds. The molecule has 20 heavy (non-hydrogen) atoms. The lowest BCUT2D eigenvalue weighted by Gasteiger charge is -2.13. The number of rotatable bonds is 5. The molecule has 0 heterocycles. The molecule has 0 aliphatic rings. The molecule has 0 fully saturated rings. The van der Waals surface area contributed by atoms with Crippen LogP contribution in [0, 0.1) is 12.7 Å². The van der Waals surface area contributed by atoms with Gasteiger partial charge in [0.1, 0.15) is 24.3 Å². The zero-order valence-electron chi connectivity index (χ0n) is 11.8. The first-order valence-electron chi connectivity index (χ1n) is 6.76.